The van der Waals surface area contributed by atoms with Crippen LogP contribution in [0.2, 0.25) is 0 Å². The third-order valence-electron chi connectivity index (χ3n) is 4.04. The third kappa shape index (κ3) is 4.08. The Bertz CT molecular complexity index is 743. The van der Waals surface area contributed by atoms with Crippen molar-refractivity contribution in [2.75, 3.05) is 39.5 Å². The maximum absolute atomic E-state index is 12.6. The minimum atomic E-state index is -0.451. The van der Waals surface area contributed by atoms with E-state index in [1.807, 2.05) is 31.2 Å². The van der Waals surface area contributed by atoms with Gasteiger partial charge in [-0.25, -0.2) is 0 Å². The molecule has 0 spiro atoms. The number of amides is 3. The molecule has 2 aliphatic rings. The molecule has 2 saturated heterocycles. The van der Waals surface area contributed by atoms with Crippen LogP contribution in [0, 0.1) is 0 Å². The topological polar surface area (TPSA) is 76.2 Å². The summed E-state index contributed by atoms with van der Waals surface area (Å²) in [4.78, 5) is 40.0. The Kier molecular flexibility index (Phi) is 5.95. The van der Waals surface area contributed by atoms with Gasteiger partial charge in [0.15, 0.2) is 0 Å². The first-order chi connectivity index (χ1) is 12.6. The highest BCUT2D eigenvalue weighted by Crippen LogP contribution is 2.33. The van der Waals surface area contributed by atoms with Crippen molar-refractivity contribution in [2.45, 2.75) is 6.92 Å². The lowest BCUT2D eigenvalue weighted by Gasteiger charge is -2.28. The van der Waals surface area contributed by atoms with Crippen molar-refractivity contribution in [1.29, 1.82) is 0 Å². The van der Waals surface area contributed by atoms with E-state index in [1.54, 1.807) is 11.0 Å². The smallest absolute Gasteiger partial charge is 0.294 e. The molecular weight excluding hydrogens is 356 g/mol. The Labute approximate surface area is 155 Å². The van der Waals surface area contributed by atoms with Gasteiger partial charge in [-0.15, -0.1) is 0 Å². The van der Waals surface area contributed by atoms with Gasteiger partial charge in [-0.2, -0.15) is 0 Å². The monoisotopic (exact) mass is 376 g/mol. The zero-order valence-electron chi connectivity index (χ0n) is 14.5. The highest BCUT2D eigenvalue weighted by atomic mass is 32.2. The van der Waals surface area contributed by atoms with Gasteiger partial charge in [0.05, 0.1) is 24.7 Å². The summed E-state index contributed by atoms with van der Waals surface area (Å²) < 4.78 is 10.8. The number of thioether (sulfide) groups is 1. The fourth-order valence-electron chi connectivity index (χ4n) is 2.71. The molecule has 0 unspecified atom stereocenters. The van der Waals surface area contributed by atoms with Gasteiger partial charge in [0, 0.05) is 18.7 Å². The lowest BCUT2D eigenvalue weighted by Crippen LogP contribution is -2.46. The van der Waals surface area contributed by atoms with Crippen LogP contribution in [0.25, 0.3) is 6.08 Å². The lowest BCUT2D eigenvalue weighted by molar-refractivity contribution is -0.139. The number of hydrogen-bond acceptors (Lipinski definition) is 6. The Hall–Kier alpha value is -2.32. The van der Waals surface area contributed by atoms with Crippen LogP contribution in [-0.2, 0) is 14.3 Å². The van der Waals surface area contributed by atoms with Gasteiger partial charge >= 0.3 is 0 Å². The fraction of sp³-hybridized carbons (Fsp3) is 0.389. The molecule has 0 saturated carbocycles. The van der Waals surface area contributed by atoms with Crippen molar-refractivity contribution >= 4 is 34.9 Å². The molecular formula is C18H20N2O5S. The molecule has 3 amide bonds. The molecule has 0 aromatic heterocycles. The Morgan fingerprint density at radius 2 is 2.00 bits per heavy atom. The molecule has 1 aromatic carbocycles. The van der Waals surface area contributed by atoms with E-state index in [0.29, 0.717) is 38.7 Å². The first-order valence-electron chi connectivity index (χ1n) is 8.43. The fourth-order valence-corrected chi connectivity index (χ4v) is 3.54. The average molecular weight is 376 g/mol. The number of benzene rings is 1. The van der Waals surface area contributed by atoms with E-state index in [4.69, 9.17) is 9.47 Å². The summed E-state index contributed by atoms with van der Waals surface area (Å²) in [5.41, 5.74) is 0.722. The van der Waals surface area contributed by atoms with Crippen LogP contribution in [0.5, 0.6) is 5.75 Å². The number of para-hydroxylation sites is 1. The maximum atomic E-state index is 12.6. The van der Waals surface area contributed by atoms with Gasteiger partial charge in [0.1, 0.15) is 12.3 Å². The van der Waals surface area contributed by atoms with E-state index < -0.39 is 11.1 Å². The van der Waals surface area contributed by atoms with E-state index in [0.717, 1.165) is 22.2 Å². The van der Waals surface area contributed by atoms with E-state index in [-0.39, 0.29) is 17.4 Å². The molecule has 0 aliphatic carbocycles. The Morgan fingerprint density at radius 3 is 2.73 bits per heavy atom. The van der Waals surface area contributed by atoms with Crippen LogP contribution in [0.15, 0.2) is 29.2 Å². The number of hydrogen-bond donors (Lipinski definition) is 0. The molecule has 0 bridgehead atoms. The normalized spacial score (nSPS) is 19.3. The standard InChI is InChI=1S/C18H20N2O5S/c1-2-25-14-6-4-3-5-13(14)11-15-17(22)20(18(23)26-15)12-16(21)19-7-9-24-10-8-19/h3-6,11H,2,7-10,12H2,1H3/b15-11+. The number of carbonyl (C=O) groups excluding carboxylic acids is 3. The minimum Gasteiger partial charge on any atom is -0.493 e. The van der Waals surface area contributed by atoms with Gasteiger partial charge in [-0.3, -0.25) is 19.3 Å². The van der Waals surface area contributed by atoms with Gasteiger partial charge < -0.3 is 14.4 Å². The summed E-state index contributed by atoms with van der Waals surface area (Å²) in [7, 11) is 0. The van der Waals surface area contributed by atoms with Crippen molar-refractivity contribution in [2.24, 2.45) is 0 Å². The van der Waals surface area contributed by atoms with Crippen molar-refractivity contribution in [3.8, 4) is 5.75 Å². The molecule has 2 heterocycles. The number of carbonyl (C=O) groups is 3. The van der Waals surface area contributed by atoms with Gasteiger partial charge in [0.25, 0.3) is 11.1 Å². The summed E-state index contributed by atoms with van der Waals surface area (Å²) in [5.74, 6) is -0.0503. The predicted octanol–water partition coefficient (Wildman–Crippen LogP) is 1.98. The summed E-state index contributed by atoms with van der Waals surface area (Å²) >= 11 is 0.840. The molecule has 2 aliphatic heterocycles. The van der Waals surface area contributed by atoms with Crippen LogP contribution in [0.3, 0.4) is 0 Å². The molecule has 138 valence electrons. The average Bonchev–Trinajstić information content (AvgIpc) is 2.91. The quantitative estimate of drug-likeness (QED) is 0.732. The summed E-state index contributed by atoms with van der Waals surface area (Å²) in [6, 6.07) is 7.30. The predicted molar refractivity (Wildman–Crippen MR) is 97.7 cm³/mol. The second-order valence-corrected chi connectivity index (χ2v) is 6.73. The number of rotatable bonds is 5. The minimum absolute atomic E-state index is 0.241. The number of nitrogens with zero attached hydrogens (tertiary/aromatic N) is 2. The summed E-state index contributed by atoms with van der Waals surface area (Å²) in [6.07, 6.45) is 1.63. The number of imide groups is 1. The van der Waals surface area contributed by atoms with Crippen molar-refractivity contribution in [3.63, 3.8) is 0 Å². The van der Waals surface area contributed by atoms with Crippen molar-refractivity contribution in [1.82, 2.24) is 9.80 Å². The Morgan fingerprint density at radius 1 is 1.27 bits per heavy atom. The van der Waals surface area contributed by atoms with Crippen LogP contribution in [0.1, 0.15) is 12.5 Å². The number of morpholine rings is 1. The molecule has 0 radical (unpaired) electrons. The lowest BCUT2D eigenvalue weighted by atomic mass is 10.2. The highest BCUT2D eigenvalue weighted by molar-refractivity contribution is 8.18. The largest absolute Gasteiger partial charge is 0.493 e. The van der Waals surface area contributed by atoms with Crippen molar-refractivity contribution < 1.29 is 23.9 Å². The Balaban J connectivity index is 1.73. The molecule has 0 N–H and O–H groups in total. The van der Waals surface area contributed by atoms with E-state index in [1.165, 1.54) is 0 Å². The van der Waals surface area contributed by atoms with Gasteiger partial charge in [-0.05, 0) is 30.8 Å². The first-order valence-corrected chi connectivity index (χ1v) is 9.24. The highest BCUT2D eigenvalue weighted by Gasteiger charge is 2.37. The molecule has 7 nitrogen and oxygen atoms in total. The van der Waals surface area contributed by atoms with Crippen LogP contribution in [-0.4, -0.2) is 66.3 Å². The second-order valence-electron chi connectivity index (χ2n) is 5.73. The first kappa shape index (κ1) is 18.5. The maximum Gasteiger partial charge on any atom is 0.294 e. The SMILES string of the molecule is CCOc1ccccc1/C=C1/SC(=O)N(CC(=O)N2CCOCC2)C1=O. The second kappa shape index (κ2) is 8.37. The number of ether oxygens (including phenoxy) is 2. The molecule has 26 heavy (non-hydrogen) atoms. The summed E-state index contributed by atoms with van der Waals surface area (Å²) in [5, 5.41) is -0.434. The molecule has 8 heteroatoms. The van der Waals surface area contributed by atoms with E-state index in [2.05, 4.69) is 0 Å². The molecule has 0 atom stereocenters. The van der Waals surface area contributed by atoms with Crippen LogP contribution >= 0.6 is 11.8 Å². The van der Waals surface area contributed by atoms with E-state index >= 15 is 0 Å². The molecule has 2 fully saturated rings. The summed E-state index contributed by atoms with van der Waals surface area (Å²) in [6.45, 7) is 4.04. The zero-order chi connectivity index (χ0) is 18.5. The van der Waals surface area contributed by atoms with Crippen molar-refractivity contribution in [3.05, 3.63) is 34.7 Å². The zero-order valence-corrected chi connectivity index (χ0v) is 15.3. The van der Waals surface area contributed by atoms with Gasteiger partial charge in [-0.1, -0.05) is 18.2 Å². The van der Waals surface area contributed by atoms with Crippen LogP contribution < -0.4 is 4.74 Å². The van der Waals surface area contributed by atoms with Crippen LogP contribution in [0.4, 0.5) is 4.79 Å². The van der Waals surface area contributed by atoms with Gasteiger partial charge in [0.2, 0.25) is 5.91 Å². The molecule has 3 rings (SSSR count). The van der Waals surface area contributed by atoms with E-state index in [9.17, 15) is 14.4 Å². The molecule has 1 aromatic rings. The third-order valence-corrected chi connectivity index (χ3v) is 4.94.